The van der Waals surface area contributed by atoms with Crippen molar-refractivity contribution in [1.82, 2.24) is 0 Å². The van der Waals surface area contributed by atoms with Gasteiger partial charge in [0.2, 0.25) is 0 Å². The highest BCUT2D eigenvalue weighted by molar-refractivity contribution is 5.71. The number of phenols is 1. The van der Waals surface area contributed by atoms with Crippen LogP contribution in [0.3, 0.4) is 0 Å². The Balaban J connectivity index is 2.56. The lowest BCUT2D eigenvalue weighted by Gasteiger charge is -2.11. The highest BCUT2D eigenvalue weighted by atomic mass is 16.5. The second-order valence-electron chi connectivity index (χ2n) is 4.67. The molecule has 0 amide bonds. The molecule has 0 saturated heterocycles. The van der Waals surface area contributed by atoms with Crippen molar-refractivity contribution in [2.45, 2.75) is 45.4 Å². The number of carbonyl (C=O) groups excluding carboxylic acids is 1. The van der Waals surface area contributed by atoms with E-state index in [9.17, 15) is 9.90 Å². The first-order valence-corrected chi connectivity index (χ1v) is 7.04. The van der Waals surface area contributed by atoms with Crippen molar-refractivity contribution < 1.29 is 14.6 Å². The second-order valence-corrected chi connectivity index (χ2v) is 4.67. The van der Waals surface area contributed by atoms with Crippen LogP contribution in [0.2, 0.25) is 0 Å². The van der Waals surface area contributed by atoms with E-state index in [0.29, 0.717) is 6.61 Å². The molecule has 0 radical (unpaired) electrons. The molecule has 0 aliphatic heterocycles. The third-order valence-electron chi connectivity index (χ3n) is 3.00. The molecule has 0 saturated carbocycles. The Hall–Kier alpha value is -1.95. The number of benzene rings is 1. The fourth-order valence-corrected chi connectivity index (χ4v) is 1.90. The van der Waals surface area contributed by atoms with E-state index in [0.717, 1.165) is 24.8 Å². The largest absolute Gasteiger partial charge is 0.508 e. The number of unbranched alkanes of at least 4 members (excludes halogenated alkanes) is 2. The highest BCUT2D eigenvalue weighted by Crippen LogP contribution is 2.22. The van der Waals surface area contributed by atoms with Crippen LogP contribution in [-0.4, -0.2) is 17.7 Å². The van der Waals surface area contributed by atoms with Gasteiger partial charge in [-0.2, -0.15) is 0 Å². The molecule has 1 unspecified atom stereocenters. The molecule has 3 nitrogen and oxygen atoms in total. The van der Waals surface area contributed by atoms with Crippen LogP contribution in [0.4, 0.5) is 0 Å². The first-order chi connectivity index (χ1) is 9.67. The van der Waals surface area contributed by atoms with Gasteiger partial charge in [-0.3, -0.25) is 4.79 Å². The summed E-state index contributed by atoms with van der Waals surface area (Å²) in [5, 5.41) is 9.29. The standard InChI is InChI=1S/C17H22O3/c1-3-5-6-12-20-17(19)13-15(7-4-2)14-8-10-16(18)11-9-14/h8-11,15,18H,3,5-6,12-13H2,1-2H3. The van der Waals surface area contributed by atoms with E-state index in [4.69, 9.17) is 4.74 Å². The number of esters is 1. The number of ether oxygens (including phenoxy) is 1. The molecule has 1 atom stereocenters. The summed E-state index contributed by atoms with van der Waals surface area (Å²) in [6.45, 7) is 4.34. The van der Waals surface area contributed by atoms with Crippen molar-refractivity contribution in [3.05, 3.63) is 29.8 Å². The quantitative estimate of drug-likeness (QED) is 0.469. The van der Waals surface area contributed by atoms with Gasteiger partial charge < -0.3 is 9.84 Å². The highest BCUT2D eigenvalue weighted by Gasteiger charge is 2.14. The summed E-state index contributed by atoms with van der Waals surface area (Å²) in [5.74, 6) is 5.67. The molecule has 1 aromatic rings. The molecule has 0 spiro atoms. The van der Waals surface area contributed by atoms with E-state index < -0.39 is 0 Å². The van der Waals surface area contributed by atoms with Crippen molar-refractivity contribution in [2.75, 3.05) is 6.61 Å². The molecule has 1 N–H and O–H groups in total. The van der Waals surface area contributed by atoms with Gasteiger partial charge in [0, 0.05) is 0 Å². The van der Waals surface area contributed by atoms with Crippen LogP contribution in [0.15, 0.2) is 24.3 Å². The van der Waals surface area contributed by atoms with Gasteiger partial charge in [-0.1, -0.05) is 37.8 Å². The zero-order chi connectivity index (χ0) is 14.8. The van der Waals surface area contributed by atoms with Crippen LogP contribution in [0, 0.1) is 11.8 Å². The zero-order valence-electron chi connectivity index (χ0n) is 12.2. The van der Waals surface area contributed by atoms with E-state index >= 15 is 0 Å². The van der Waals surface area contributed by atoms with Crippen LogP contribution in [0.5, 0.6) is 5.75 Å². The Labute approximate surface area is 121 Å². The van der Waals surface area contributed by atoms with Gasteiger partial charge in [0.1, 0.15) is 5.75 Å². The average molecular weight is 274 g/mol. The Kier molecular flexibility index (Phi) is 7.27. The summed E-state index contributed by atoms with van der Waals surface area (Å²) < 4.78 is 5.21. The van der Waals surface area contributed by atoms with Crippen molar-refractivity contribution in [3.63, 3.8) is 0 Å². The van der Waals surface area contributed by atoms with Gasteiger partial charge in [-0.05, 0) is 31.0 Å². The maximum absolute atomic E-state index is 11.8. The van der Waals surface area contributed by atoms with Gasteiger partial charge in [0.05, 0.1) is 18.9 Å². The topological polar surface area (TPSA) is 46.5 Å². The van der Waals surface area contributed by atoms with Crippen LogP contribution < -0.4 is 0 Å². The molecule has 0 aromatic heterocycles. The van der Waals surface area contributed by atoms with Gasteiger partial charge >= 0.3 is 5.97 Å². The number of aromatic hydroxyl groups is 1. The van der Waals surface area contributed by atoms with Crippen LogP contribution in [0.25, 0.3) is 0 Å². The van der Waals surface area contributed by atoms with Crippen molar-refractivity contribution in [2.24, 2.45) is 0 Å². The molecular weight excluding hydrogens is 252 g/mol. The molecule has 1 aromatic carbocycles. The maximum atomic E-state index is 11.8. The van der Waals surface area contributed by atoms with Crippen molar-refractivity contribution in [3.8, 4) is 17.6 Å². The van der Waals surface area contributed by atoms with Gasteiger partial charge in [-0.25, -0.2) is 0 Å². The molecule has 20 heavy (non-hydrogen) atoms. The van der Waals surface area contributed by atoms with Gasteiger partial charge in [-0.15, -0.1) is 5.92 Å². The van der Waals surface area contributed by atoms with Gasteiger partial charge in [0.25, 0.3) is 0 Å². The Bertz CT molecular complexity index is 465. The molecule has 0 aliphatic carbocycles. The molecule has 3 heteroatoms. The first kappa shape index (κ1) is 16.1. The minimum absolute atomic E-state index is 0.181. The SMILES string of the molecule is CC#CC(CC(=O)OCCCCC)c1ccc(O)cc1. The summed E-state index contributed by atoms with van der Waals surface area (Å²) in [6, 6.07) is 6.78. The summed E-state index contributed by atoms with van der Waals surface area (Å²) in [7, 11) is 0. The smallest absolute Gasteiger partial charge is 0.307 e. The number of carbonyl (C=O) groups is 1. The summed E-state index contributed by atoms with van der Waals surface area (Å²) in [6.07, 6.45) is 3.34. The van der Waals surface area contributed by atoms with E-state index in [1.165, 1.54) is 0 Å². The normalized spacial score (nSPS) is 11.3. The van der Waals surface area contributed by atoms with Crippen LogP contribution in [-0.2, 0) is 9.53 Å². The van der Waals surface area contributed by atoms with E-state index in [2.05, 4.69) is 18.8 Å². The second kappa shape index (κ2) is 9.03. The fourth-order valence-electron chi connectivity index (χ4n) is 1.90. The fraction of sp³-hybridized carbons (Fsp3) is 0.471. The molecular formula is C17H22O3. The monoisotopic (exact) mass is 274 g/mol. The van der Waals surface area contributed by atoms with Crippen LogP contribution in [0.1, 0.15) is 51.0 Å². The predicted octanol–water partition coefficient (Wildman–Crippen LogP) is 3.62. The molecule has 108 valence electrons. The lowest BCUT2D eigenvalue weighted by atomic mass is 9.96. The maximum Gasteiger partial charge on any atom is 0.307 e. The zero-order valence-corrected chi connectivity index (χ0v) is 12.2. The Morgan fingerprint density at radius 3 is 2.60 bits per heavy atom. The van der Waals surface area contributed by atoms with E-state index in [1.807, 2.05) is 0 Å². The molecule has 1 rings (SSSR count). The lowest BCUT2D eigenvalue weighted by Crippen LogP contribution is -2.10. The molecule has 0 aliphatic rings. The average Bonchev–Trinajstić information content (AvgIpc) is 2.44. The number of hydrogen-bond donors (Lipinski definition) is 1. The van der Waals surface area contributed by atoms with E-state index in [1.54, 1.807) is 31.2 Å². The van der Waals surface area contributed by atoms with Crippen molar-refractivity contribution in [1.29, 1.82) is 0 Å². The van der Waals surface area contributed by atoms with Crippen LogP contribution >= 0.6 is 0 Å². The first-order valence-electron chi connectivity index (χ1n) is 7.04. The third kappa shape index (κ3) is 5.79. The predicted molar refractivity (Wildman–Crippen MR) is 79.4 cm³/mol. The summed E-state index contributed by atoms with van der Waals surface area (Å²) in [5.41, 5.74) is 0.919. The van der Waals surface area contributed by atoms with E-state index in [-0.39, 0.29) is 24.1 Å². The van der Waals surface area contributed by atoms with Crippen molar-refractivity contribution >= 4 is 5.97 Å². The number of phenolic OH excluding ortho intramolecular Hbond substituents is 1. The Morgan fingerprint density at radius 2 is 2.00 bits per heavy atom. The lowest BCUT2D eigenvalue weighted by molar-refractivity contribution is -0.143. The minimum Gasteiger partial charge on any atom is -0.508 e. The molecule has 0 bridgehead atoms. The minimum atomic E-state index is -0.220. The Morgan fingerprint density at radius 1 is 1.30 bits per heavy atom. The number of rotatable bonds is 7. The third-order valence-corrected chi connectivity index (χ3v) is 3.00. The van der Waals surface area contributed by atoms with Gasteiger partial charge in [0.15, 0.2) is 0 Å². The molecule has 0 heterocycles. The summed E-state index contributed by atoms with van der Waals surface area (Å²) in [4.78, 5) is 11.8. The molecule has 0 fully saturated rings. The summed E-state index contributed by atoms with van der Waals surface area (Å²) >= 11 is 0. The number of hydrogen-bond acceptors (Lipinski definition) is 3.